The van der Waals surface area contributed by atoms with Gasteiger partial charge in [-0.3, -0.25) is 0 Å². The van der Waals surface area contributed by atoms with E-state index in [-0.39, 0.29) is 5.82 Å². The number of halogens is 6. The third kappa shape index (κ3) is 3.48. The lowest BCUT2D eigenvalue weighted by Crippen LogP contribution is -2.14. The molecule has 0 aliphatic rings. The van der Waals surface area contributed by atoms with Crippen LogP contribution in [0.25, 0.3) is 5.78 Å². The van der Waals surface area contributed by atoms with Gasteiger partial charge >= 0.3 is 12.4 Å². The van der Waals surface area contributed by atoms with Gasteiger partial charge in [0.2, 0.25) is 0 Å². The van der Waals surface area contributed by atoms with Crippen LogP contribution in [0.5, 0.6) is 0 Å². The lowest BCUT2D eigenvalue weighted by Gasteiger charge is -2.06. The lowest BCUT2D eigenvalue weighted by molar-refractivity contribution is -0.129. The van der Waals surface area contributed by atoms with Gasteiger partial charge in [-0.1, -0.05) is 0 Å². The quantitative estimate of drug-likeness (QED) is 0.860. The highest BCUT2D eigenvalue weighted by Crippen LogP contribution is 2.23. The van der Waals surface area contributed by atoms with Gasteiger partial charge in [-0.15, -0.1) is 5.10 Å². The van der Waals surface area contributed by atoms with Crippen LogP contribution in [-0.2, 0) is 12.8 Å². The van der Waals surface area contributed by atoms with Gasteiger partial charge < -0.3 is 5.73 Å². The maximum absolute atomic E-state index is 12.2. The first-order chi connectivity index (χ1) is 9.03. The first-order valence-corrected chi connectivity index (χ1v) is 5.18. The van der Waals surface area contributed by atoms with Crippen LogP contribution in [0.2, 0.25) is 0 Å². The van der Waals surface area contributed by atoms with E-state index in [1.807, 2.05) is 0 Å². The molecule has 0 amide bonds. The fraction of sp³-hybridized carbons (Fsp3) is 0.444. The largest absolute Gasteiger partial charge is 0.396 e. The number of hydrogen-bond acceptors (Lipinski definition) is 4. The van der Waals surface area contributed by atoms with E-state index in [0.717, 1.165) is 10.6 Å². The molecule has 2 aromatic heterocycles. The van der Waals surface area contributed by atoms with Gasteiger partial charge in [0.25, 0.3) is 5.78 Å². The summed E-state index contributed by atoms with van der Waals surface area (Å²) in [6, 6.07) is 0.895. The van der Waals surface area contributed by atoms with Crippen molar-refractivity contribution in [2.45, 2.75) is 25.2 Å². The van der Waals surface area contributed by atoms with Crippen molar-refractivity contribution in [3.63, 3.8) is 0 Å². The highest BCUT2D eigenvalue weighted by Gasteiger charge is 2.31. The van der Waals surface area contributed by atoms with Crippen LogP contribution in [0.3, 0.4) is 0 Å². The monoisotopic (exact) mass is 299 g/mol. The van der Waals surface area contributed by atoms with E-state index < -0.39 is 42.5 Å². The van der Waals surface area contributed by atoms with E-state index >= 15 is 0 Å². The molecule has 2 heterocycles. The van der Waals surface area contributed by atoms with E-state index in [2.05, 4.69) is 15.1 Å². The maximum Gasteiger partial charge on any atom is 0.396 e. The summed E-state index contributed by atoms with van der Waals surface area (Å²) in [5.74, 6) is -1.28. The summed E-state index contributed by atoms with van der Waals surface area (Å²) in [7, 11) is 0. The van der Waals surface area contributed by atoms with Crippen molar-refractivity contribution in [3.05, 3.63) is 17.6 Å². The number of rotatable bonds is 2. The molecule has 0 spiro atoms. The first kappa shape index (κ1) is 14.3. The average Bonchev–Trinajstić information content (AvgIpc) is 2.54. The normalized spacial score (nSPS) is 13.1. The molecule has 2 aromatic rings. The fourth-order valence-corrected chi connectivity index (χ4v) is 1.53. The Morgan fingerprint density at radius 1 is 1.00 bits per heavy atom. The maximum atomic E-state index is 12.2. The zero-order valence-electron chi connectivity index (χ0n) is 9.63. The van der Waals surface area contributed by atoms with Crippen LogP contribution < -0.4 is 5.73 Å². The van der Waals surface area contributed by atoms with Crippen LogP contribution >= 0.6 is 0 Å². The molecule has 0 aliphatic carbocycles. The molecule has 110 valence electrons. The molecule has 0 saturated heterocycles. The topological polar surface area (TPSA) is 69.1 Å². The Kier molecular flexibility index (Phi) is 3.22. The molecule has 0 fully saturated rings. The number of alkyl halides is 6. The Hall–Kier alpha value is -2.07. The Balaban J connectivity index is 2.39. The van der Waals surface area contributed by atoms with Crippen molar-refractivity contribution in [2.24, 2.45) is 0 Å². The molecule has 0 unspecified atom stereocenters. The Morgan fingerprint density at radius 3 is 2.15 bits per heavy atom. The van der Waals surface area contributed by atoms with Crippen molar-refractivity contribution in [1.29, 1.82) is 0 Å². The average molecular weight is 299 g/mol. The molecule has 0 atom stereocenters. The standard InChI is InChI=1S/C9H7F6N5/c10-8(11,12)2-4-1-5(16)20-7(17-4)18-6(19-20)3-9(13,14)15/h1H,2-3,16H2. The van der Waals surface area contributed by atoms with Crippen molar-refractivity contribution in [2.75, 3.05) is 5.73 Å². The Bertz CT molecular complexity index is 628. The number of fused-ring (bicyclic) bond motifs is 1. The minimum absolute atomic E-state index is 0.268. The van der Waals surface area contributed by atoms with E-state index in [1.165, 1.54) is 0 Å². The summed E-state index contributed by atoms with van der Waals surface area (Å²) in [5.41, 5.74) is 4.99. The molecule has 20 heavy (non-hydrogen) atoms. The van der Waals surface area contributed by atoms with E-state index in [9.17, 15) is 26.3 Å². The van der Waals surface area contributed by atoms with Crippen LogP contribution in [0.1, 0.15) is 11.5 Å². The Morgan fingerprint density at radius 2 is 1.60 bits per heavy atom. The number of anilines is 1. The summed E-state index contributed by atoms with van der Waals surface area (Å²) in [5, 5.41) is 3.45. The molecule has 0 aliphatic heterocycles. The predicted octanol–water partition coefficient (Wildman–Crippen LogP) is 1.92. The first-order valence-electron chi connectivity index (χ1n) is 5.18. The molecule has 0 saturated carbocycles. The molecule has 0 radical (unpaired) electrons. The second kappa shape index (κ2) is 4.49. The minimum Gasteiger partial charge on any atom is -0.383 e. The molecular formula is C9H7F6N5. The number of nitrogens with two attached hydrogens (primary N) is 1. The van der Waals surface area contributed by atoms with Crippen LogP contribution in [0, 0.1) is 0 Å². The van der Waals surface area contributed by atoms with Crippen molar-refractivity contribution in [3.8, 4) is 0 Å². The van der Waals surface area contributed by atoms with Gasteiger partial charge in [-0.25, -0.2) is 4.98 Å². The molecule has 0 aromatic carbocycles. The number of nitrogen functional groups attached to an aromatic ring is 1. The zero-order chi connectivity index (χ0) is 15.1. The SMILES string of the molecule is Nc1cc(CC(F)(F)F)nc2nc(CC(F)(F)F)nn12. The summed E-state index contributed by atoms with van der Waals surface area (Å²) >= 11 is 0. The number of hydrogen-bond donors (Lipinski definition) is 1. The molecule has 2 rings (SSSR count). The summed E-state index contributed by atoms with van der Waals surface area (Å²) in [6.07, 6.45) is -11.8. The molecule has 5 nitrogen and oxygen atoms in total. The molecular weight excluding hydrogens is 292 g/mol. The second-order valence-corrected chi connectivity index (χ2v) is 4.00. The van der Waals surface area contributed by atoms with Crippen LogP contribution in [-0.4, -0.2) is 31.9 Å². The molecule has 2 N–H and O–H groups in total. The third-order valence-electron chi connectivity index (χ3n) is 2.18. The van der Waals surface area contributed by atoms with Crippen molar-refractivity contribution < 1.29 is 26.3 Å². The third-order valence-corrected chi connectivity index (χ3v) is 2.18. The van der Waals surface area contributed by atoms with E-state index in [0.29, 0.717) is 0 Å². The zero-order valence-corrected chi connectivity index (χ0v) is 9.63. The second-order valence-electron chi connectivity index (χ2n) is 4.00. The van der Waals surface area contributed by atoms with Crippen LogP contribution in [0.15, 0.2) is 6.07 Å². The van der Waals surface area contributed by atoms with Crippen molar-refractivity contribution >= 4 is 11.6 Å². The van der Waals surface area contributed by atoms with Gasteiger partial charge in [-0.05, 0) is 0 Å². The Labute approximate surface area is 107 Å². The highest BCUT2D eigenvalue weighted by atomic mass is 19.4. The van der Waals surface area contributed by atoms with E-state index in [1.54, 1.807) is 0 Å². The lowest BCUT2D eigenvalue weighted by atomic mass is 10.3. The van der Waals surface area contributed by atoms with Crippen LogP contribution in [0.4, 0.5) is 32.2 Å². The van der Waals surface area contributed by atoms with Crippen molar-refractivity contribution in [1.82, 2.24) is 19.6 Å². The smallest absolute Gasteiger partial charge is 0.383 e. The minimum atomic E-state index is -4.53. The van der Waals surface area contributed by atoms with Gasteiger partial charge in [0, 0.05) is 6.07 Å². The van der Waals surface area contributed by atoms with Gasteiger partial charge in [0.1, 0.15) is 12.2 Å². The van der Waals surface area contributed by atoms with E-state index in [4.69, 9.17) is 5.73 Å². The number of nitrogens with zero attached hydrogens (tertiary/aromatic N) is 4. The summed E-state index contributed by atoms with van der Waals surface area (Å²) in [6.45, 7) is 0. The molecule has 0 bridgehead atoms. The van der Waals surface area contributed by atoms with Gasteiger partial charge in [-0.2, -0.15) is 35.8 Å². The highest BCUT2D eigenvalue weighted by molar-refractivity contribution is 5.42. The number of aromatic nitrogens is 4. The molecule has 11 heteroatoms. The predicted molar refractivity (Wildman–Crippen MR) is 54.7 cm³/mol. The van der Waals surface area contributed by atoms with Gasteiger partial charge in [0.15, 0.2) is 5.82 Å². The fourth-order valence-electron chi connectivity index (χ4n) is 1.53. The summed E-state index contributed by atoms with van der Waals surface area (Å²) in [4.78, 5) is 6.92. The summed E-state index contributed by atoms with van der Waals surface area (Å²) < 4.78 is 74.0. The van der Waals surface area contributed by atoms with Gasteiger partial charge in [0.05, 0.1) is 12.1 Å².